The number of aryl methyl sites for hydroxylation is 1. The number of anilines is 3. The van der Waals surface area contributed by atoms with Crippen LogP contribution in [0, 0.1) is 12.3 Å². The number of nitrogens with one attached hydrogen (secondary N) is 2. The highest BCUT2D eigenvalue weighted by atomic mass is 32.1. The van der Waals surface area contributed by atoms with Gasteiger partial charge >= 0.3 is 0 Å². The van der Waals surface area contributed by atoms with E-state index in [0.717, 1.165) is 95.6 Å². The number of carbonyl (C=O) groups excluding carboxylic acids is 2. The smallest absolute Gasteiger partial charge is 0.259 e. The van der Waals surface area contributed by atoms with E-state index in [4.69, 9.17) is 14.7 Å². The zero-order chi connectivity index (χ0) is 33.8. The van der Waals surface area contributed by atoms with Crippen molar-refractivity contribution in [2.45, 2.75) is 26.2 Å². The Hall–Kier alpha value is -5.32. The molecular formula is C40H36N6O3S. The van der Waals surface area contributed by atoms with E-state index >= 15 is 0 Å². The van der Waals surface area contributed by atoms with Crippen LogP contribution in [0.4, 0.5) is 17.2 Å². The molecule has 0 aliphatic carbocycles. The summed E-state index contributed by atoms with van der Waals surface area (Å²) in [4.78, 5) is 47.1. The summed E-state index contributed by atoms with van der Waals surface area (Å²) in [5.74, 6) is 1.30. The van der Waals surface area contributed by atoms with Crippen LogP contribution in [-0.2, 0) is 11.2 Å². The first-order chi connectivity index (χ1) is 24.4. The van der Waals surface area contributed by atoms with Crippen LogP contribution in [0.3, 0.4) is 0 Å². The molecule has 3 aromatic heterocycles. The van der Waals surface area contributed by atoms with Gasteiger partial charge in [0, 0.05) is 72.1 Å². The van der Waals surface area contributed by atoms with Crippen LogP contribution in [0.25, 0.3) is 32.9 Å². The fourth-order valence-corrected chi connectivity index (χ4v) is 8.66. The molecule has 2 N–H and O–H groups in total. The maximum Gasteiger partial charge on any atom is 0.259 e. The Morgan fingerprint density at radius 3 is 2.50 bits per heavy atom. The first-order valence-corrected chi connectivity index (χ1v) is 18.0. The maximum atomic E-state index is 14.1. The Kier molecular flexibility index (Phi) is 7.51. The summed E-state index contributed by atoms with van der Waals surface area (Å²) in [5.41, 5.74) is 7.89. The highest BCUT2D eigenvalue weighted by Gasteiger charge is 2.45. The fourth-order valence-electron chi connectivity index (χ4n) is 7.56. The predicted molar refractivity (Wildman–Crippen MR) is 198 cm³/mol. The van der Waals surface area contributed by atoms with Gasteiger partial charge in [-0.15, -0.1) is 11.3 Å². The summed E-state index contributed by atoms with van der Waals surface area (Å²) >= 11 is 1.73. The lowest BCUT2D eigenvalue weighted by atomic mass is 9.73. The number of ether oxygens (including phenoxy) is 1. The number of nitrogens with zero attached hydrogens (tertiary/aromatic N) is 4. The molecule has 0 atom stereocenters. The number of carbonyl (C=O) groups is 2. The number of aromatic amines is 1. The van der Waals surface area contributed by atoms with E-state index in [1.165, 1.54) is 4.88 Å². The van der Waals surface area contributed by atoms with Crippen LogP contribution in [0.2, 0.25) is 0 Å². The van der Waals surface area contributed by atoms with E-state index in [9.17, 15) is 9.59 Å². The number of thiophene rings is 1. The molecule has 1 spiro atoms. The van der Waals surface area contributed by atoms with Crippen molar-refractivity contribution in [3.8, 4) is 21.8 Å². The summed E-state index contributed by atoms with van der Waals surface area (Å²) in [7, 11) is 0. The Labute approximate surface area is 293 Å². The lowest BCUT2D eigenvalue weighted by Gasteiger charge is -2.53. The molecule has 2 saturated heterocycles. The second-order valence-electron chi connectivity index (χ2n) is 13.6. The molecule has 0 bridgehead atoms. The maximum absolute atomic E-state index is 14.1. The van der Waals surface area contributed by atoms with Gasteiger partial charge in [-0.05, 0) is 86.0 Å². The number of aromatic nitrogens is 3. The molecule has 3 aliphatic rings. The number of amides is 2. The number of fused-ring (bicyclic) bond motifs is 4. The fraction of sp³-hybridized carbons (Fsp3) is 0.250. The van der Waals surface area contributed by atoms with E-state index in [0.29, 0.717) is 23.4 Å². The molecular weight excluding hydrogens is 645 g/mol. The Morgan fingerprint density at radius 1 is 0.900 bits per heavy atom. The molecule has 2 amide bonds. The van der Waals surface area contributed by atoms with Crippen LogP contribution in [-0.4, -0.2) is 59.6 Å². The van der Waals surface area contributed by atoms with Gasteiger partial charge in [0.2, 0.25) is 0 Å². The summed E-state index contributed by atoms with van der Waals surface area (Å²) in [6.07, 6.45) is 2.82. The summed E-state index contributed by atoms with van der Waals surface area (Å²) in [6, 6.07) is 29.3. The summed E-state index contributed by atoms with van der Waals surface area (Å²) < 4.78 is 5.58. The average Bonchev–Trinajstić information content (AvgIpc) is 3.73. The largest absolute Gasteiger partial charge is 0.381 e. The van der Waals surface area contributed by atoms with Crippen molar-refractivity contribution >= 4 is 51.4 Å². The summed E-state index contributed by atoms with van der Waals surface area (Å²) in [5, 5.41) is 3.04. The van der Waals surface area contributed by atoms with Crippen LogP contribution in [0.5, 0.6) is 0 Å². The predicted octanol–water partition coefficient (Wildman–Crippen LogP) is 7.73. The number of rotatable bonds is 5. The molecule has 2 fully saturated rings. The molecule has 0 unspecified atom stereocenters. The van der Waals surface area contributed by atoms with E-state index in [1.54, 1.807) is 35.6 Å². The Bertz CT molecular complexity index is 2230. The third kappa shape index (κ3) is 5.45. The van der Waals surface area contributed by atoms with Crippen molar-refractivity contribution in [2.75, 3.05) is 48.0 Å². The number of hydrogen-bond donors (Lipinski definition) is 2. The first kappa shape index (κ1) is 30.7. The van der Waals surface area contributed by atoms with Gasteiger partial charge in [0.05, 0.1) is 27.2 Å². The van der Waals surface area contributed by atoms with Crippen LogP contribution in [0.15, 0.2) is 91.0 Å². The van der Waals surface area contributed by atoms with Crippen molar-refractivity contribution in [1.82, 2.24) is 15.0 Å². The number of pyridine rings is 1. The van der Waals surface area contributed by atoms with E-state index < -0.39 is 0 Å². The minimum absolute atomic E-state index is 0.0761. The zero-order valence-corrected chi connectivity index (χ0v) is 28.6. The Morgan fingerprint density at radius 2 is 1.68 bits per heavy atom. The number of H-pyrrole nitrogens is 1. The highest BCUT2D eigenvalue weighted by molar-refractivity contribution is 7.16. The van der Waals surface area contributed by atoms with Crippen molar-refractivity contribution in [1.29, 1.82) is 0 Å². The lowest BCUT2D eigenvalue weighted by Crippen LogP contribution is -2.59. The Balaban J connectivity index is 0.925. The normalized spacial score (nSPS) is 16.4. The number of benzene rings is 3. The van der Waals surface area contributed by atoms with Gasteiger partial charge in [-0.3, -0.25) is 9.59 Å². The van der Waals surface area contributed by atoms with Gasteiger partial charge in [-0.2, -0.15) is 0 Å². The lowest BCUT2D eigenvalue weighted by molar-refractivity contribution is -0.000518. The highest BCUT2D eigenvalue weighted by Crippen LogP contribution is 2.44. The van der Waals surface area contributed by atoms with Crippen molar-refractivity contribution in [3.05, 3.63) is 113 Å². The topological polar surface area (TPSA) is 103 Å². The van der Waals surface area contributed by atoms with E-state index in [2.05, 4.69) is 27.3 Å². The molecule has 3 aliphatic heterocycles. The molecule has 3 aromatic carbocycles. The molecule has 50 heavy (non-hydrogen) atoms. The van der Waals surface area contributed by atoms with Gasteiger partial charge in [-0.1, -0.05) is 30.3 Å². The quantitative estimate of drug-likeness (QED) is 0.193. The second kappa shape index (κ2) is 12.2. The zero-order valence-electron chi connectivity index (χ0n) is 27.7. The number of hydrogen-bond acceptors (Lipinski definition) is 7. The second-order valence-corrected chi connectivity index (χ2v) is 14.7. The number of imidazole rings is 1. The standard InChI is InChI=1S/C40H36N6O3S/c1-25-10-15-29(37(41-25)45-23-40(24-45)17-20-49-21-18-40)38(47)42-27-13-11-26(12-14-27)39(48)46-19-16-34-30(28-6-2-5-9-33(28)46)22-35(50-34)36-43-31-7-3-4-8-32(31)44-36/h2-15,22H,16-21,23-24H2,1H3,(H,42,47)(H,43,44). The third-order valence-electron chi connectivity index (χ3n) is 10.3. The summed E-state index contributed by atoms with van der Waals surface area (Å²) in [6.45, 7) is 5.87. The molecule has 9 nitrogen and oxygen atoms in total. The van der Waals surface area contributed by atoms with E-state index in [-0.39, 0.29) is 17.2 Å². The van der Waals surface area contributed by atoms with E-state index in [1.807, 2.05) is 66.4 Å². The van der Waals surface area contributed by atoms with Gasteiger partial charge in [-0.25, -0.2) is 9.97 Å². The molecule has 10 heteroatoms. The SMILES string of the molecule is Cc1ccc(C(=O)Nc2ccc(C(=O)N3CCc4sc(-c5nc6ccccc6[nH]5)cc4-c4ccccc43)cc2)c(N2CC3(CCOCC3)C2)n1. The van der Waals surface area contributed by atoms with Crippen LogP contribution >= 0.6 is 11.3 Å². The van der Waals surface area contributed by atoms with Gasteiger partial charge in [0.1, 0.15) is 11.6 Å². The van der Waals surface area contributed by atoms with Gasteiger partial charge in [0.25, 0.3) is 11.8 Å². The van der Waals surface area contributed by atoms with Gasteiger partial charge < -0.3 is 24.8 Å². The van der Waals surface area contributed by atoms with Crippen molar-refractivity contribution in [3.63, 3.8) is 0 Å². The third-order valence-corrected chi connectivity index (χ3v) is 11.5. The molecule has 6 heterocycles. The minimum atomic E-state index is -0.214. The van der Waals surface area contributed by atoms with Gasteiger partial charge in [0.15, 0.2) is 0 Å². The minimum Gasteiger partial charge on any atom is -0.381 e. The molecule has 6 aromatic rings. The monoisotopic (exact) mass is 680 g/mol. The van der Waals surface area contributed by atoms with Crippen molar-refractivity contribution < 1.29 is 14.3 Å². The van der Waals surface area contributed by atoms with Crippen molar-refractivity contribution in [2.24, 2.45) is 5.41 Å². The first-order valence-electron chi connectivity index (χ1n) is 17.1. The molecule has 9 rings (SSSR count). The molecule has 0 radical (unpaired) electrons. The van der Waals surface area contributed by atoms with Crippen LogP contribution < -0.4 is 15.1 Å². The van der Waals surface area contributed by atoms with Crippen LogP contribution in [0.1, 0.15) is 44.1 Å². The average molecular weight is 681 g/mol. The molecule has 250 valence electrons. The number of para-hydroxylation sites is 3. The molecule has 0 saturated carbocycles.